The van der Waals surface area contributed by atoms with Crippen molar-refractivity contribution in [1.82, 2.24) is 15.3 Å². The fourth-order valence-electron chi connectivity index (χ4n) is 1.92. The van der Waals surface area contributed by atoms with Crippen LogP contribution >= 0.6 is 11.3 Å². The highest BCUT2D eigenvalue weighted by Gasteiger charge is 2.05. The van der Waals surface area contributed by atoms with Gasteiger partial charge in [-0.1, -0.05) is 6.92 Å². The molecule has 1 amide bonds. The normalized spacial score (nSPS) is 11.0. The molecule has 0 aliphatic heterocycles. The molecule has 5 heteroatoms. The molecule has 0 spiro atoms. The monoisotopic (exact) mass is 301 g/mol. The molecular weight excluding hydrogens is 282 g/mol. The molecule has 2 rings (SSSR count). The molecule has 4 nitrogen and oxygen atoms in total. The van der Waals surface area contributed by atoms with Gasteiger partial charge < -0.3 is 5.32 Å². The van der Waals surface area contributed by atoms with Crippen LogP contribution in [0.3, 0.4) is 0 Å². The Labute approximate surface area is 129 Å². The lowest BCUT2D eigenvalue weighted by Crippen LogP contribution is -2.23. The summed E-state index contributed by atoms with van der Waals surface area (Å²) in [5, 5.41) is 3.96. The van der Waals surface area contributed by atoms with Crippen LogP contribution in [0, 0.1) is 6.92 Å². The van der Waals surface area contributed by atoms with Crippen molar-refractivity contribution in [1.29, 1.82) is 0 Å². The Kier molecular flexibility index (Phi) is 5.63. The van der Waals surface area contributed by atoms with Crippen molar-refractivity contribution in [2.24, 2.45) is 0 Å². The molecular formula is C16H19N3OS. The summed E-state index contributed by atoms with van der Waals surface area (Å²) in [4.78, 5) is 21.5. The zero-order valence-electron chi connectivity index (χ0n) is 12.3. The Bertz CT molecular complexity index is 620. The minimum Gasteiger partial charge on any atom is -0.352 e. The lowest BCUT2D eigenvalue weighted by Gasteiger charge is -1.99. The summed E-state index contributed by atoms with van der Waals surface area (Å²) in [5.41, 5.74) is 2.13. The van der Waals surface area contributed by atoms with Gasteiger partial charge in [0, 0.05) is 36.3 Å². The van der Waals surface area contributed by atoms with E-state index in [9.17, 15) is 4.79 Å². The fourth-order valence-corrected chi connectivity index (χ4v) is 2.94. The van der Waals surface area contributed by atoms with Crippen molar-refractivity contribution in [2.45, 2.75) is 26.7 Å². The molecule has 0 fully saturated rings. The molecule has 0 bridgehead atoms. The van der Waals surface area contributed by atoms with Crippen LogP contribution in [0.1, 0.15) is 28.1 Å². The van der Waals surface area contributed by atoms with Gasteiger partial charge in [-0.05, 0) is 37.1 Å². The van der Waals surface area contributed by atoms with E-state index in [4.69, 9.17) is 0 Å². The second-order valence-corrected chi connectivity index (χ2v) is 5.91. The third kappa shape index (κ3) is 4.79. The Morgan fingerprint density at radius 2 is 2.14 bits per heavy atom. The number of hydrogen-bond donors (Lipinski definition) is 1. The van der Waals surface area contributed by atoms with Crippen molar-refractivity contribution < 1.29 is 4.79 Å². The number of amides is 1. The molecule has 0 aliphatic rings. The van der Waals surface area contributed by atoms with Gasteiger partial charge in [0.25, 0.3) is 0 Å². The van der Waals surface area contributed by atoms with Crippen LogP contribution in [0.5, 0.6) is 0 Å². The largest absolute Gasteiger partial charge is 0.352 e. The molecule has 0 atom stereocenters. The molecule has 0 aromatic carbocycles. The number of aromatic nitrogens is 2. The molecule has 110 valence electrons. The maximum Gasteiger partial charge on any atom is 0.244 e. The van der Waals surface area contributed by atoms with Crippen LogP contribution < -0.4 is 5.32 Å². The Hall–Kier alpha value is -2.01. The SMILES string of the molecule is CCc1nc(CCNC(=O)/C=C\c2ccncc2)sc1C. The van der Waals surface area contributed by atoms with Gasteiger partial charge in [-0.25, -0.2) is 4.98 Å². The minimum absolute atomic E-state index is 0.0872. The zero-order chi connectivity index (χ0) is 15.1. The number of nitrogens with one attached hydrogen (secondary N) is 1. The molecule has 0 aliphatic carbocycles. The number of aryl methyl sites for hydroxylation is 2. The Morgan fingerprint density at radius 1 is 1.38 bits per heavy atom. The number of carbonyl (C=O) groups excluding carboxylic acids is 1. The number of nitrogens with zero attached hydrogens (tertiary/aromatic N) is 2. The predicted octanol–water partition coefficient (Wildman–Crippen LogP) is 2.78. The highest BCUT2D eigenvalue weighted by molar-refractivity contribution is 7.11. The summed E-state index contributed by atoms with van der Waals surface area (Å²) in [6.45, 7) is 4.81. The van der Waals surface area contributed by atoms with Crippen LogP contribution in [0.15, 0.2) is 30.6 Å². The molecule has 0 unspecified atom stereocenters. The number of carbonyl (C=O) groups is 1. The maximum absolute atomic E-state index is 11.7. The van der Waals surface area contributed by atoms with E-state index in [0.717, 1.165) is 23.4 Å². The topological polar surface area (TPSA) is 54.9 Å². The summed E-state index contributed by atoms with van der Waals surface area (Å²) in [7, 11) is 0. The van der Waals surface area contributed by atoms with Crippen LogP contribution in [-0.2, 0) is 17.6 Å². The summed E-state index contributed by atoms with van der Waals surface area (Å²) in [6, 6.07) is 3.71. The fraction of sp³-hybridized carbons (Fsp3) is 0.312. The molecule has 2 heterocycles. The molecule has 0 saturated carbocycles. The van der Waals surface area contributed by atoms with Gasteiger partial charge in [0.05, 0.1) is 10.7 Å². The van der Waals surface area contributed by atoms with E-state index in [1.807, 2.05) is 12.1 Å². The van der Waals surface area contributed by atoms with Gasteiger partial charge in [-0.15, -0.1) is 11.3 Å². The zero-order valence-corrected chi connectivity index (χ0v) is 13.1. The average Bonchev–Trinajstić information content (AvgIpc) is 2.86. The van der Waals surface area contributed by atoms with Crippen molar-refractivity contribution in [3.05, 3.63) is 51.7 Å². The van der Waals surface area contributed by atoms with Gasteiger partial charge in [0.15, 0.2) is 0 Å². The second kappa shape index (κ2) is 7.69. The van der Waals surface area contributed by atoms with E-state index in [-0.39, 0.29) is 5.91 Å². The summed E-state index contributed by atoms with van der Waals surface area (Å²) in [5.74, 6) is -0.0872. The van der Waals surface area contributed by atoms with Gasteiger partial charge >= 0.3 is 0 Å². The number of hydrogen-bond acceptors (Lipinski definition) is 4. The highest BCUT2D eigenvalue weighted by atomic mass is 32.1. The minimum atomic E-state index is -0.0872. The van der Waals surface area contributed by atoms with E-state index in [0.29, 0.717) is 6.54 Å². The van der Waals surface area contributed by atoms with Crippen LogP contribution in [-0.4, -0.2) is 22.4 Å². The van der Waals surface area contributed by atoms with Gasteiger partial charge in [-0.2, -0.15) is 0 Å². The van der Waals surface area contributed by atoms with Crippen molar-refractivity contribution in [2.75, 3.05) is 6.54 Å². The third-order valence-corrected chi connectivity index (χ3v) is 4.12. The quantitative estimate of drug-likeness (QED) is 0.835. The highest BCUT2D eigenvalue weighted by Crippen LogP contribution is 2.17. The van der Waals surface area contributed by atoms with E-state index in [1.54, 1.807) is 35.9 Å². The standard InChI is InChI=1S/C16H19N3OS/c1-3-14-12(2)21-16(19-14)8-11-18-15(20)5-4-13-6-9-17-10-7-13/h4-7,9-10H,3,8,11H2,1-2H3,(H,18,20)/b5-4-. The van der Waals surface area contributed by atoms with Crippen LogP contribution in [0.4, 0.5) is 0 Å². The number of rotatable bonds is 6. The van der Waals surface area contributed by atoms with Crippen molar-refractivity contribution in [3.8, 4) is 0 Å². The van der Waals surface area contributed by atoms with Gasteiger partial charge in [0.2, 0.25) is 5.91 Å². The van der Waals surface area contributed by atoms with Crippen LogP contribution in [0.2, 0.25) is 0 Å². The van der Waals surface area contributed by atoms with Gasteiger partial charge in [0.1, 0.15) is 0 Å². The second-order valence-electron chi connectivity index (χ2n) is 4.62. The molecule has 0 radical (unpaired) electrons. The first-order valence-electron chi connectivity index (χ1n) is 7.00. The lowest BCUT2D eigenvalue weighted by atomic mass is 10.2. The van der Waals surface area contributed by atoms with Crippen LogP contribution in [0.25, 0.3) is 6.08 Å². The third-order valence-electron chi connectivity index (χ3n) is 3.04. The lowest BCUT2D eigenvalue weighted by molar-refractivity contribution is -0.116. The Morgan fingerprint density at radius 3 is 2.81 bits per heavy atom. The average molecular weight is 301 g/mol. The van der Waals surface area contributed by atoms with E-state index < -0.39 is 0 Å². The predicted molar refractivity (Wildman–Crippen MR) is 86.2 cm³/mol. The Balaban J connectivity index is 1.77. The number of thiazole rings is 1. The van der Waals surface area contributed by atoms with Crippen molar-refractivity contribution >= 4 is 23.3 Å². The van der Waals surface area contributed by atoms with E-state index in [2.05, 4.69) is 29.1 Å². The molecule has 21 heavy (non-hydrogen) atoms. The summed E-state index contributed by atoms with van der Waals surface area (Å²) >= 11 is 1.71. The van der Waals surface area contributed by atoms with E-state index >= 15 is 0 Å². The first-order chi connectivity index (χ1) is 10.2. The molecule has 2 aromatic rings. The van der Waals surface area contributed by atoms with Gasteiger partial charge in [-0.3, -0.25) is 9.78 Å². The molecule has 1 N–H and O–H groups in total. The summed E-state index contributed by atoms with van der Waals surface area (Å²) < 4.78 is 0. The first kappa shape index (κ1) is 15.4. The van der Waals surface area contributed by atoms with Crippen molar-refractivity contribution in [3.63, 3.8) is 0 Å². The first-order valence-corrected chi connectivity index (χ1v) is 7.81. The summed E-state index contributed by atoms with van der Waals surface area (Å²) in [6.07, 6.45) is 8.46. The van der Waals surface area contributed by atoms with E-state index in [1.165, 1.54) is 10.6 Å². The molecule has 2 aromatic heterocycles. The maximum atomic E-state index is 11.7. The number of pyridine rings is 1. The molecule has 0 saturated heterocycles. The smallest absolute Gasteiger partial charge is 0.244 e.